The third kappa shape index (κ3) is 8.16. The van der Waals surface area contributed by atoms with Crippen LogP contribution in [0, 0.1) is 0 Å². The number of ether oxygens (including phenoxy) is 1. The highest BCUT2D eigenvalue weighted by molar-refractivity contribution is 7.92. The minimum absolute atomic E-state index is 0.0151. The van der Waals surface area contributed by atoms with E-state index in [-0.39, 0.29) is 28.0 Å². The van der Waals surface area contributed by atoms with Crippen molar-refractivity contribution in [1.82, 2.24) is 10.2 Å². The van der Waals surface area contributed by atoms with E-state index in [1.165, 1.54) is 24.1 Å². The van der Waals surface area contributed by atoms with Gasteiger partial charge in [0.15, 0.2) is 0 Å². The van der Waals surface area contributed by atoms with Crippen molar-refractivity contribution in [2.75, 3.05) is 24.2 Å². The minimum Gasteiger partial charge on any atom is -0.495 e. The van der Waals surface area contributed by atoms with Gasteiger partial charge in [0.1, 0.15) is 18.3 Å². The van der Waals surface area contributed by atoms with E-state index in [0.717, 1.165) is 10.6 Å². The van der Waals surface area contributed by atoms with Crippen LogP contribution in [-0.2, 0) is 26.2 Å². The lowest BCUT2D eigenvalue weighted by Gasteiger charge is -2.33. The van der Waals surface area contributed by atoms with Crippen LogP contribution in [0.2, 0.25) is 15.1 Å². The van der Waals surface area contributed by atoms with Crippen molar-refractivity contribution >= 4 is 62.3 Å². The molecule has 0 aliphatic rings. The number of hydrogen-bond acceptors (Lipinski definition) is 5. The smallest absolute Gasteiger partial charge is 0.244 e. The van der Waals surface area contributed by atoms with E-state index in [1.807, 2.05) is 20.8 Å². The van der Waals surface area contributed by atoms with Crippen molar-refractivity contribution in [2.45, 2.75) is 45.8 Å². The molecule has 0 heterocycles. The highest BCUT2D eigenvalue weighted by Gasteiger charge is 2.32. The van der Waals surface area contributed by atoms with Crippen LogP contribution in [0.1, 0.15) is 33.3 Å². The highest BCUT2D eigenvalue weighted by atomic mass is 35.5. The molecule has 0 fully saturated rings. The molecule has 36 heavy (non-hydrogen) atoms. The van der Waals surface area contributed by atoms with Gasteiger partial charge in [0, 0.05) is 17.1 Å². The summed E-state index contributed by atoms with van der Waals surface area (Å²) >= 11 is 18.3. The van der Waals surface area contributed by atoms with E-state index in [0.29, 0.717) is 10.6 Å². The third-order valence-corrected chi connectivity index (χ3v) is 7.19. The summed E-state index contributed by atoms with van der Waals surface area (Å²) in [4.78, 5) is 27.9. The normalized spacial score (nSPS) is 12.6. The molecule has 0 radical (unpaired) electrons. The van der Waals surface area contributed by atoms with E-state index < -0.39 is 40.0 Å². The quantitative estimate of drug-likeness (QED) is 0.463. The summed E-state index contributed by atoms with van der Waals surface area (Å²) in [5, 5.41) is 3.74. The zero-order chi connectivity index (χ0) is 27.4. The van der Waals surface area contributed by atoms with E-state index in [4.69, 9.17) is 39.5 Å². The first-order chi connectivity index (χ1) is 16.5. The number of carbonyl (C=O) groups is 2. The predicted octanol–water partition coefficient (Wildman–Crippen LogP) is 4.75. The molecule has 0 aliphatic heterocycles. The summed E-state index contributed by atoms with van der Waals surface area (Å²) in [6.45, 7) is 6.42. The van der Waals surface area contributed by atoms with Crippen LogP contribution in [0.3, 0.4) is 0 Å². The largest absolute Gasteiger partial charge is 0.495 e. The van der Waals surface area contributed by atoms with Crippen LogP contribution < -0.4 is 14.4 Å². The summed E-state index contributed by atoms with van der Waals surface area (Å²) in [5.41, 5.74) is 0.165. The lowest BCUT2D eigenvalue weighted by molar-refractivity contribution is -0.140. The molecule has 0 aromatic heterocycles. The molecular weight excluding hydrogens is 549 g/mol. The van der Waals surface area contributed by atoms with Crippen molar-refractivity contribution in [2.24, 2.45) is 0 Å². The van der Waals surface area contributed by atoms with E-state index >= 15 is 0 Å². The Morgan fingerprint density at radius 1 is 1.06 bits per heavy atom. The van der Waals surface area contributed by atoms with Gasteiger partial charge in [-0.25, -0.2) is 8.42 Å². The Labute approximate surface area is 227 Å². The van der Waals surface area contributed by atoms with Crippen molar-refractivity contribution in [1.29, 1.82) is 0 Å². The van der Waals surface area contributed by atoms with Gasteiger partial charge < -0.3 is 15.0 Å². The Balaban J connectivity index is 2.50. The van der Waals surface area contributed by atoms with Gasteiger partial charge in [-0.3, -0.25) is 13.9 Å². The van der Waals surface area contributed by atoms with E-state index in [2.05, 4.69) is 5.32 Å². The number of halogens is 3. The maximum Gasteiger partial charge on any atom is 0.244 e. The molecule has 0 bridgehead atoms. The first-order valence-electron chi connectivity index (χ1n) is 10.9. The molecule has 1 atom stereocenters. The lowest BCUT2D eigenvalue weighted by Crippen LogP contribution is -2.54. The first-order valence-corrected chi connectivity index (χ1v) is 13.9. The SMILES string of the molecule is COc1ccc(Cl)cc1N(CC(=O)N(Cc1ccc(Cl)c(Cl)c1)C(C)C(=O)NC(C)(C)C)S(C)(=O)=O. The van der Waals surface area contributed by atoms with Gasteiger partial charge in [-0.1, -0.05) is 40.9 Å². The highest BCUT2D eigenvalue weighted by Crippen LogP contribution is 2.33. The van der Waals surface area contributed by atoms with Gasteiger partial charge in [0.25, 0.3) is 0 Å². The third-order valence-electron chi connectivity index (χ3n) is 5.09. The van der Waals surface area contributed by atoms with Crippen LogP contribution in [-0.4, -0.2) is 56.6 Å². The molecule has 2 amide bonds. The number of hydrogen-bond donors (Lipinski definition) is 1. The van der Waals surface area contributed by atoms with Gasteiger partial charge in [-0.15, -0.1) is 0 Å². The van der Waals surface area contributed by atoms with Crippen LogP contribution in [0.5, 0.6) is 5.75 Å². The van der Waals surface area contributed by atoms with E-state index in [1.54, 1.807) is 31.2 Å². The number of sulfonamides is 1. The molecule has 0 aliphatic carbocycles. The molecule has 1 N–H and O–H groups in total. The van der Waals surface area contributed by atoms with Crippen LogP contribution in [0.15, 0.2) is 36.4 Å². The fraction of sp³-hybridized carbons (Fsp3) is 0.417. The number of rotatable bonds is 9. The Bertz CT molecular complexity index is 1230. The van der Waals surface area contributed by atoms with Gasteiger partial charge in [-0.05, 0) is 63.6 Å². The average molecular weight is 579 g/mol. The zero-order valence-corrected chi connectivity index (χ0v) is 24.0. The monoisotopic (exact) mass is 577 g/mol. The van der Waals surface area contributed by atoms with Crippen molar-refractivity contribution in [3.05, 3.63) is 57.0 Å². The molecule has 0 saturated heterocycles. The number of methoxy groups -OCH3 is 1. The fourth-order valence-corrected chi connectivity index (χ4v) is 4.68. The Morgan fingerprint density at radius 2 is 1.69 bits per heavy atom. The molecule has 198 valence electrons. The summed E-state index contributed by atoms with van der Waals surface area (Å²) < 4.78 is 31.7. The van der Waals surface area contributed by atoms with Crippen LogP contribution >= 0.6 is 34.8 Å². The maximum atomic E-state index is 13.6. The molecule has 8 nitrogen and oxygen atoms in total. The maximum absolute atomic E-state index is 13.6. The summed E-state index contributed by atoms with van der Waals surface area (Å²) in [6.07, 6.45) is 0.972. The Kier molecular flexibility index (Phi) is 9.92. The van der Waals surface area contributed by atoms with Gasteiger partial charge in [-0.2, -0.15) is 0 Å². The van der Waals surface area contributed by atoms with Crippen molar-refractivity contribution in [3.63, 3.8) is 0 Å². The van der Waals surface area contributed by atoms with Gasteiger partial charge in [0.05, 0.1) is 29.1 Å². The fourth-order valence-electron chi connectivity index (χ4n) is 3.34. The average Bonchev–Trinajstić information content (AvgIpc) is 2.75. The molecule has 0 spiro atoms. The second kappa shape index (κ2) is 11.9. The van der Waals surface area contributed by atoms with Gasteiger partial charge in [0.2, 0.25) is 21.8 Å². The summed E-state index contributed by atoms with van der Waals surface area (Å²) in [7, 11) is -2.57. The first kappa shape index (κ1) is 30.0. The predicted molar refractivity (Wildman–Crippen MR) is 145 cm³/mol. The summed E-state index contributed by atoms with van der Waals surface area (Å²) in [6, 6.07) is 8.36. The summed E-state index contributed by atoms with van der Waals surface area (Å²) in [5.74, 6) is -0.806. The lowest BCUT2D eigenvalue weighted by atomic mass is 10.1. The zero-order valence-electron chi connectivity index (χ0n) is 20.9. The van der Waals surface area contributed by atoms with Crippen LogP contribution in [0.4, 0.5) is 5.69 Å². The number of nitrogens with one attached hydrogen (secondary N) is 1. The molecular formula is C24H30Cl3N3O5S. The standard InChI is InChI=1S/C24H30Cl3N3O5S/c1-15(23(32)28-24(2,3)4)29(13-16-7-9-18(26)19(27)11-16)22(31)14-30(36(6,33)34)20-12-17(25)8-10-21(20)35-5/h7-12,15H,13-14H2,1-6H3,(H,28,32). The number of anilines is 1. The topological polar surface area (TPSA) is 96.0 Å². The minimum atomic E-state index is -3.95. The number of benzene rings is 2. The molecule has 1 unspecified atom stereocenters. The molecule has 12 heteroatoms. The van der Waals surface area contributed by atoms with Crippen LogP contribution in [0.25, 0.3) is 0 Å². The molecule has 2 rings (SSSR count). The molecule has 2 aromatic rings. The molecule has 2 aromatic carbocycles. The Hall–Kier alpha value is -2.20. The van der Waals surface area contributed by atoms with Crippen molar-refractivity contribution in [3.8, 4) is 5.75 Å². The van der Waals surface area contributed by atoms with Crippen molar-refractivity contribution < 1.29 is 22.7 Å². The second-order valence-electron chi connectivity index (χ2n) is 9.27. The van der Waals surface area contributed by atoms with E-state index in [9.17, 15) is 18.0 Å². The number of amides is 2. The van der Waals surface area contributed by atoms with Gasteiger partial charge >= 0.3 is 0 Å². The molecule has 0 saturated carbocycles. The number of nitrogens with zero attached hydrogens (tertiary/aromatic N) is 2. The second-order valence-corrected chi connectivity index (χ2v) is 12.4. The number of carbonyl (C=O) groups excluding carboxylic acids is 2. The Morgan fingerprint density at radius 3 is 2.22 bits per heavy atom.